The van der Waals surface area contributed by atoms with E-state index in [-0.39, 0.29) is 0 Å². The molecule has 0 fully saturated rings. The van der Waals surface area contributed by atoms with Gasteiger partial charge >= 0.3 is 0 Å². The van der Waals surface area contributed by atoms with Crippen molar-refractivity contribution in [2.24, 2.45) is 0 Å². The number of benzene rings is 1. The zero-order chi connectivity index (χ0) is 12.8. The molecular formula is C14H18N2O2. The van der Waals surface area contributed by atoms with Gasteiger partial charge in [-0.25, -0.2) is 0 Å². The highest BCUT2D eigenvalue weighted by Crippen LogP contribution is 2.19. The summed E-state index contributed by atoms with van der Waals surface area (Å²) in [4.78, 5) is 0. The van der Waals surface area contributed by atoms with Gasteiger partial charge in [0.15, 0.2) is 5.76 Å². The number of hydrogen-bond acceptors (Lipinski definition) is 4. The van der Waals surface area contributed by atoms with Crippen LogP contribution >= 0.6 is 0 Å². The van der Waals surface area contributed by atoms with Gasteiger partial charge in [0.05, 0.1) is 12.3 Å². The maximum Gasteiger partial charge on any atom is 0.167 e. The standard InChI is InChI=1S/C14H18N2O2/c1-11(10-17-2)15-9-13-8-14(18-16-13)12-6-4-3-5-7-12/h3-8,11,15H,9-10H2,1-2H3. The lowest BCUT2D eigenvalue weighted by Gasteiger charge is -2.10. The first kappa shape index (κ1) is 12.8. The van der Waals surface area contributed by atoms with Gasteiger partial charge in [-0.15, -0.1) is 0 Å². The van der Waals surface area contributed by atoms with E-state index in [4.69, 9.17) is 9.26 Å². The minimum absolute atomic E-state index is 0.298. The summed E-state index contributed by atoms with van der Waals surface area (Å²) in [6.07, 6.45) is 0. The van der Waals surface area contributed by atoms with Crippen LogP contribution in [0.2, 0.25) is 0 Å². The lowest BCUT2D eigenvalue weighted by molar-refractivity contribution is 0.171. The summed E-state index contributed by atoms with van der Waals surface area (Å²) < 4.78 is 10.4. The van der Waals surface area contributed by atoms with Crippen LogP contribution in [0.3, 0.4) is 0 Å². The summed E-state index contributed by atoms with van der Waals surface area (Å²) in [5.74, 6) is 0.798. The molecule has 0 radical (unpaired) electrons. The average Bonchev–Trinajstić information content (AvgIpc) is 2.87. The van der Waals surface area contributed by atoms with E-state index >= 15 is 0 Å². The summed E-state index contributed by atoms with van der Waals surface area (Å²) in [6, 6.07) is 12.2. The quantitative estimate of drug-likeness (QED) is 0.850. The molecule has 0 amide bonds. The highest BCUT2D eigenvalue weighted by molar-refractivity contribution is 5.56. The Kier molecular flexibility index (Phi) is 4.50. The van der Waals surface area contributed by atoms with E-state index in [2.05, 4.69) is 17.4 Å². The minimum Gasteiger partial charge on any atom is -0.383 e. The molecular weight excluding hydrogens is 228 g/mol. The molecule has 2 aromatic rings. The van der Waals surface area contributed by atoms with Crippen molar-refractivity contribution in [1.82, 2.24) is 10.5 Å². The van der Waals surface area contributed by atoms with E-state index in [1.54, 1.807) is 7.11 Å². The molecule has 1 aromatic carbocycles. The zero-order valence-electron chi connectivity index (χ0n) is 10.7. The fourth-order valence-corrected chi connectivity index (χ4v) is 1.72. The third-order valence-electron chi connectivity index (χ3n) is 2.67. The summed E-state index contributed by atoms with van der Waals surface area (Å²) in [5.41, 5.74) is 1.94. The summed E-state index contributed by atoms with van der Waals surface area (Å²) in [6.45, 7) is 3.44. The molecule has 0 saturated heterocycles. The number of nitrogens with one attached hydrogen (secondary N) is 1. The predicted octanol–water partition coefficient (Wildman–Crippen LogP) is 2.47. The number of nitrogens with zero attached hydrogens (tertiary/aromatic N) is 1. The molecule has 96 valence electrons. The van der Waals surface area contributed by atoms with Crippen molar-refractivity contribution >= 4 is 0 Å². The summed E-state index contributed by atoms with van der Waals surface area (Å²) in [7, 11) is 1.70. The van der Waals surface area contributed by atoms with Crippen LogP contribution in [0, 0.1) is 0 Å². The Morgan fingerprint density at radius 1 is 1.33 bits per heavy atom. The van der Waals surface area contributed by atoms with E-state index < -0.39 is 0 Å². The van der Waals surface area contributed by atoms with Gasteiger partial charge < -0.3 is 14.6 Å². The molecule has 18 heavy (non-hydrogen) atoms. The highest BCUT2D eigenvalue weighted by Gasteiger charge is 2.07. The Balaban J connectivity index is 1.95. The fourth-order valence-electron chi connectivity index (χ4n) is 1.72. The van der Waals surface area contributed by atoms with Crippen LogP contribution in [0.1, 0.15) is 12.6 Å². The zero-order valence-corrected chi connectivity index (χ0v) is 10.7. The topological polar surface area (TPSA) is 47.3 Å². The Bertz CT molecular complexity index is 468. The van der Waals surface area contributed by atoms with Crippen molar-refractivity contribution in [1.29, 1.82) is 0 Å². The minimum atomic E-state index is 0.298. The molecule has 2 rings (SSSR count). The Morgan fingerprint density at radius 3 is 2.83 bits per heavy atom. The van der Waals surface area contributed by atoms with Crippen LogP contribution in [-0.4, -0.2) is 24.9 Å². The molecule has 0 saturated carbocycles. The Morgan fingerprint density at radius 2 is 2.11 bits per heavy atom. The molecule has 4 nitrogen and oxygen atoms in total. The van der Waals surface area contributed by atoms with Gasteiger partial charge in [-0.3, -0.25) is 0 Å². The first-order chi connectivity index (χ1) is 8.79. The van der Waals surface area contributed by atoms with Crippen LogP contribution in [0.25, 0.3) is 11.3 Å². The first-order valence-electron chi connectivity index (χ1n) is 6.03. The Labute approximate surface area is 107 Å². The van der Waals surface area contributed by atoms with E-state index in [0.29, 0.717) is 19.2 Å². The average molecular weight is 246 g/mol. The van der Waals surface area contributed by atoms with Crippen molar-refractivity contribution < 1.29 is 9.26 Å². The van der Waals surface area contributed by atoms with Gasteiger partial charge in [0, 0.05) is 31.3 Å². The molecule has 1 N–H and O–H groups in total. The molecule has 4 heteroatoms. The SMILES string of the molecule is COCC(C)NCc1cc(-c2ccccc2)on1. The number of ether oxygens (including phenoxy) is 1. The second kappa shape index (κ2) is 6.33. The molecule has 1 unspecified atom stereocenters. The van der Waals surface area contributed by atoms with E-state index in [0.717, 1.165) is 17.0 Å². The molecule has 0 aliphatic heterocycles. The number of aromatic nitrogens is 1. The lowest BCUT2D eigenvalue weighted by Crippen LogP contribution is -2.29. The largest absolute Gasteiger partial charge is 0.383 e. The Hall–Kier alpha value is -1.65. The number of hydrogen-bond donors (Lipinski definition) is 1. The van der Waals surface area contributed by atoms with Gasteiger partial charge in [0.25, 0.3) is 0 Å². The summed E-state index contributed by atoms with van der Waals surface area (Å²) >= 11 is 0. The van der Waals surface area contributed by atoms with Crippen LogP contribution in [-0.2, 0) is 11.3 Å². The van der Waals surface area contributed by atoms with Crippen molar-refractivity contribution in [2.75, 3.05) is 13.7 Å². The van der Waals surface area contributed by atoms with E-state index in [9.17, 15) is 0 Å². The number of rotatable bonds is 6. The van der Waals surface area contributed by atoms with Crippen LogP contribution < -0.4 is 5.32 Å². The van der Waals surface area contributed by atoms with Gasteiger partial charge in [0.2, 0.25) is 0 Å². The molecule has 0 aliphatic rings. The maximum absolute atomic E-state index is 5.32. The number of methoxy groups -OCH3 is 1. The normalized spacial score (nSPS) is 12.6. The van der Waals surface area contributed by atoms with Gasteiger partial charge in [-0.1, -0.05) is 35.5 Å². The van der Waals surface area contributed by atoms with Crippen molar-refractivity contribution in [2.45, 2.75) is 19.5 Å². The molecule has 1 atom stereocenters. The predicted molar refractivity (Wildman–Crippen MR) is 70.1 cm³/mol. The fraction of sp³-hybridized carbons (Fsp3) is 0.357. The highest BCUT2D eigenvalue weighted by atomic mass is 16.5. The third kappa shape index (κ3) is 3.42. The first-order valence-corrected chi connectivity index (χ1v) is 6.03. The van der Waals surface area contributed by atoms with E-state index in [1.165, 1.54) is 0 Å². The van der Waals surface area contributed by atoms with Gasteiger partial charge in [-0.05, 0) is 6.92 Å². The molecule has 1 aromatic heterocycles. The van der Waals surface area contributed by atoms with Crippen LogP contribution in [0.5, 0.6) is 0 Å². The second-order valence-electron chi connectivity index (χ2n) is 4.29. The molecule has 0 aliphatic carbocycles. The molecule has 0 bridgehead atoms. The van der Waals surface area contributed by atoms with Crippen LogP contribution in [0.4, 0.5) is 0 Å². The van der Waals surface area contributed by atoms with Gasteiger partial charge in [0.1, 0.15) is 0 Å². The van der Waals surface area contributed by atoms with Crippen molar-refractivity contribution in [3.05, 3.63) is 42.1 Å². The monoisotopic (exact) mass is 246 g/mol. The maximum atomic E-state index is 5.32. The molecule has 0 spiro atoms. The lowest BCUT2D eigenvalue weighted by atomic mass is 10.1. The van der Waals surface area contributed by atoms with E-state index in [1.807, 2.05) is 36.4 Å². The van der Waals surface area contributed by atoms with Crippen molar-refractivity contribution in [3.8, 4) is 11.3 Å². The smallest absolute Gasteiger partial charge is 0.167 e. The van der Waals surface area contributed by atoms with Crippen LogP contribution in [0.15, 0.2) is 40.9 Å². The second-order valence-corrected chi connectivity index (χ2v) is 4.29. The van der Waals surface area contributed by atoms with Crippen molar-refractivity contribution in [3.63, 3.8) is 0 Å². The van der Waals surface area contributed by atoms with Gasteiger partial charge in [-0.2, -0.15) is 0 Å². The summed E-state index contributed by atoms with van der Waals surface area (Å²) in [5, 5.41) is 7.36. The molecule has 1 heterocycles. The third-order valence-corrected chi connectivity index (χ3v) is 2.67.